The molecule has 4 aromatic rings. The van der Waals surface area contributed by atoms with Crippen LogP contribution in [0.5, 0.6) is 5.75 Å². The Hall–Kier alpha value is -5.20. The predicted octanol–water partition coefficient (Wildman–Crippen LogP) is 9.79. The summed E-state index contributed by atoms with van der Waals surface area (Å²) >= 11 is 0. The van der Waals surface area contributed by atoms with Gasteiger partial charge in [0.15, 0.2) is 0 Å². The molecule has 3 saturated carbocycles. The minimum absolute atomic E-state index is 0. The molecular formula is C62H94ClN7O8S. The Labute approximate surface area is 479 Å². The van der Waals surface area contributed by atoms with Crippen molar-refractivity contribution in [2.45, 2.75) is 154 Å². The highest BCUT2D eigenvalue weighted by molar-refractivity contribution is 7.89. The van der Waals surface area contributed by atoms with Crippen LogP contribution < -0.4 is 31.7 Å². The van der Waals surface area contributed by atoms with Crippen molar-refractivity contribution in [3.63, 3.8) is 0 Å². The third-order valence-corrected chi connectivity index (χ3v) is 17.4. The highest BCUT2D eigenvalue weighted by atomic mass is 35.5. The molecule has 3 fully saturated rings. The fourth-order valence-electron chi connectivity index (χ4n) is 9.81. The van der Waals surface area contributed by atoms with Gasteiger partial charge in [0.05, 0.1) is 18.6 Å². The van der Waals surface area contributed by atoms with E-state index in [2.05, 4.69) is 66.3 Å². The van der Waals surface area contributed by atoms with Crippen LogP contribution >= 0.6 is 12.4 Å². The van der Waals surface area contributed by atoms with Crippen LogP contribution in [0.1, 0.15) is 157 Å². The smallest absolute Gasteiger partial charge is 0.251 e. The second kappa shape index (κ2) is 35.5. The number of aryl methyl sites for hydroxylation is 2. The van der Waals surface area contributed by atoms with Gasteiger partial charge in [-0.1, -0.05) is 69.3 Å². The fourth-order valence-corrected chi connectivity index (χ4v) is 11.4. The molecule has 0 bridgehead atoms. The molecule has 15 nitrogen and oxygen atoms in total. The molecule has 0 saturated heterocycles. The van der Waals surface area contributed by atoms with Gasteiger partial charge >= 0.3 is 0 Å². The number of carbonyl (C=O) groups is 4. The van der Waals surface area contributed by atoms with Gasteiger partial charge in [0, 0.05) is 89.2 Å². The lowest BCUT2D eigenvalue weighted by molar-refractivity contribution is -0.135. The van der Waals surface area contributed by atoms with E-state index in [9.17, 15) is 27.6 Å². The summed E-state index contributed by atoms with van der Waals surface area (Å²) in [5.41, 5.74) is 12.3. The van der Waals surface area contributed by atoms with Crippen LogP contribution in [0.25, 0.3) is 0 Å². The average Bonchev–Trinajstić information content (AvgIpc) is 3.46. The van der Waals surface area contributed by atoms with Gasteiger partial charge in [0.2, 0.25) is 15.9 Å². The van der Waals surface area contributed by atoms with Crippen molar-refractivity contribution in [3.8, 4) is 5.75 Å². The number of ether oxygens (including phenoxy) is 2. The standard InChI is InChI=1S/C30H45N3O5S.C16H24N2O.C9H9NO2.C7H15N.ClH/c1-22-7-13-27(14-8-22)31-19-25-9-11-26(12-10-25)20-32(4)29(34)21-38-16-15-33(5)39(35,36)30-23(2)17-28(37-6)18-24(30)3;1-12-3-9-15(10-4-12)18-11-13-5-7-14(8-6-13)16(19)17-2;1-10-9(12)8-4-2-7(6-11)3-5-8;1-6-2-4-7(8)5-3-6;/h9-12,17-18,22,27,31H,7-8,13-16,19-21H2,1-6H3;5-8,12,15,18H,3-4,9-11H2,1-2H3,(H,17,19);2-6H,1H3,(H,10,12);6-7H,2-5,8H2,1H3;1H. The molecule has 0 unspecified atom stereocenters. The Kier molecular flexibility index (Phi) is 30.6. The average molecular weight is 1130 g/mol. The van der Waals surface area contributed by atoms with Gasteiger partial charge in [-0.25, -0.2) is 8.42 Å². The third-order valence-electron chi connectivity index (χ3n) is 15.2. The fraction of sp³-hybridized carbons (Fsp3) is 0.548. The van der Waals surface area contributed by atoms with Crippen molar-refractivity contribution >= 4 is 46.4 Å². The maximum atomic E-state index is 13.1. The van der Waals surface area contributed by atoms with E-state index >= 15 is 0 Å². The van der Waals surface area contributed by atoms with E-state index in [1.165, 1.54) is 99.5 Å². The number of amides is 3. The first-order chi connectivity index (χ1) is 37.3. The molecule has 0 atom stereocenters. The first kappa shape index (κ1) is 68.1. The first-order valence-corrected chi connectivity index (χ1v) is 29.5. The highest BCUT2D eigenvalue weighted by Crippen LogP contribution is 2.28. The lowest BCUT2D eigenvalue weighted by Gasteiger charge is -2.27. The molecule has 4 aromatic carbocycles. The van der Waals surface area contributed by atoms with Crippen molar-refractivity contribution in [2.75, 3.05) is 55.1 Å². The normalized spacial score (nSPS) is 19.7. The Morgan fingerprint density at radius 3 is 1.46 bits per heavy atom. The minimum Gasteiger partial charge on any atom is -0.497 e. The number of nitrogens with two attached hydrogens (primary N) is 1. The maximum absolute atomic E-state index is 13.1. The molecule has 438 valence electrons. The van der Waals surface area contributed by atoms with Crippen LogP contribution in [0.4, 0.5) is 0 Å². The summed E-state index contributed by atoms with van der Waals surface area (Å²) in [6.07, 6.45) is 16.3. The molecule has 17 heteroatoms. The summed E-state index contributed by atoms with van der Waals surface area (Å²) in [5, 5.41) is 12.4. The van der Waals surface area contributed by atoms with Crippen molar-refractivity contribution in [1.29, 1.82) is 0 Å². The maximum Gasteiger partial charge on any atom is 0.251 e. The SMILES string of the molecule is CC1CCC(N)CC1.CNC(=O)c1ccc(C=O)cc1.CNC(=O)c1ccc(CNC2CCC(C)CC2)cc1.COc1cc(C)c(S(=O)(=O)N(C)CCOCC(=O)N(C)Cc2ccc(CNC3CCC(C)CC3)cc2)c(C)c1.Cl. The summed E-state index contributed by atoms with van der Waals surface area (Å²) in [6.45, 7) is 12.9. The largest absolute Gasteiger partial charge is 0.497 e. The second-order valence-electron chi connectivity index (χ2n) is 21.8. The number of nitrogens with zero attached hydrogens (tertiary/aromatic N) is 2. The van der Waals surface area contributed by atoms with Gasteiger partial charge in [0.25, 0.3) is 11.8 Å². The van der Waals surface area contributed by atoms with E-state index in [0.29, 0.717) is 52.7 Å². The number of hydrogen-bond acceptors (Lipinski definition) is 11. The Morgan fingerprint density at radius 1 is 0.646 bits per heavy atom. The van der Waals surface area contributed by atoms with Crippen LogP contribution in [-0.2, 0) is 39.2 Å². The number of hydrogen-bond donors (Lipinski definition) is 5. The van der Waals surface area contributed by atoms with Gasteiger partial charge < -0.3 is 41.4 Å². The van der Waals surface area contributed by atoms with Crippen molar-refractivity contribution in [2.24, 2.45) is 23.5 Å². The van der Waals surface area contributed by atoms with Crippen LogP contribution in [0.2, 0.25) is 0 Å². The molecule has 6 N–H and O–H groups in total. The zero-order chi connectivity index (χ0) is 57.2. The first-order valence-electron chi connectivity index (χ1n) is 28.1. The lowest BCUT2D eigenvalue weighted by Crippen LogP contribution is -2.33. The second-order valence-corrected chi connectivity index (χ2v) is 23.8. The van der Waals surface area contributed by atoms with Gasteiger partial charge in [-0.2, -0.15) is 4.31 Å². The Bertz CT molecular complexity index is 2510. The van der Waals surface area contributed by atoms with E-state index in [0.717, 1.165) is 48.3 Å². The molecule has 3 aliphatic rings. The Balaban J connectivity index is 0.000000334. The molecule has 0 aromatic heterocycles. The van der Waals surface area contributed by atoms with Crippen LogP contribution in [0, 0.1) is 31.6 Å². The van der Waals surface area contributed by atoms with Gasteiger partial charge in [-0.05, 0) is 173 Å². The number of carbonyl (C=O) groups excluding carboxylic acids is 4. The van der Waals surface area contributed by atoms with E-state index in [1.807, 2.05) is 24.3 Å². The molecule has 79 heavy (non-hydrogen) atoms. The molecule has 7 rings (SSSR count). The molecule has 3 aliphatic carbocycles. The number of rotatable bonds is 19. The number of sulfonamides is 1. The number of methoxy groups -OCH3 is 1. The zero-order valence-corrected chi connectivity index (χ0v) is 50.5. The zero-order valence-electron chi connectivity index (χ0n) is 48.9. The quantitative estimate of drug-likeness (QED) is 0.0442. The van der Waals surface area contributed by atoms with Gasteiger partial charge in [-0.15, -0.1) is 12.4 Å². The van der Waals surface area contributed by atoms with Crippen LogP contribution in [0.3, 0.4) is 0 Å². The number of aldehydes is 1. The summed E-state index contributed by atoms with van der Waals surface area (Å²) < 4.78 is 38.3. The number of benzene rings is 4. The van der Waals surface area contributed by atoms with E-state index in [4.69, 9.17) is 15.2 Å². The number of halogens is 1. The highest BCUT2D eigenvalue weighted by Gasteiger charge is 2.26. The lowest BCUT2D eigenvalue weighted by atomic mass is 9.87. The van der Waals surface area contributed by atoms with E-state index in [-0.39, 0.29) is 54.8 Å². The molecule has 0 spiro atoms. The Morgan fingerprint density at radius 2 is 1.05 bits per heavy atom. The van der Waals surface area contributed by atoms with E-state index in [1.54, 1.807) is 83.4 Å². The summed E-state index contributed by atoms with van der Waals surface area (Å²) in [7, 11) is 4.34. The molecule has 0 aliphatic heterocycles. The molecular weight excluding hydrogens is 1040 g/mol. The molecule has 0 heterocycles. The topological polar surface area (TPSA) is 202 Å². The minimum atomic E-state index is -3.70. The number of nitrogens with one attached hydrogen (secondary N) is 4. The predicted molar refractivity (Wildman–Crippen MR) is 320 cm³/mol. The van der Waals surface area contributed by atoms with Gasteiger partial charge in [-0.3, -0.25) is 19.2 Å². The summed E-state index contributed by atoms with van der Waals surface area (Å²) in [5.74, 6) is 2.98. The van der Waals surface area contributed by atoms with E-state index < -0.39 is 10.0 Å². The summed E-state index contributed by atoms with van der Waals surface area (Å²) in [6, 6.07) is 27.9. The third kappa shape index (κ3) is 23.8. The van der Waals surface area contributed by atoms with Gasteiger partial charge in [0.1, 0.15) is 18.6 Å². The number of likely N-dealkylation sites (N-methyl/N-ethyl adjacent to an activating group) is 2. The molecule has 3 amide bonds. The molecule has 0 radical (unpaired) electrons. The van der Waals surface area contributed by atoms with Crippen LogP contribution in [-0.4, -0.2) is 115 Å². The van der Waals surface area contributed by atoms with Crippen molar-refractivity contribution < 1.29 is 37.1 Å². The van der Waals surface area contributed by atoms with Crippen molar-refractivity contribution in [3.05, 3.63) is 129 Å². The summed E-state index contributed by atoms with van der Waals surface area (Å²) in [4.78, 5) is 47.2. The van der Waals surface area contributed by atoms with Crippen molar-refractivity contribution in [1.82, 2.24) is 30.5 Å². The monoisotopic (exact) mass is 1130 g/mol. The van der Waals surface area contributed by atoms with Crippen LogP contribution in [0.15, 0.2) is 89.8 Å².